The van der Waals surface area contributed by atoms with Crippen LogP contribution in [0.15, 0.2) is 41.5 Å². The molecule has 0 amide bonds. The topological polar surface area (TPSA) is 193 Å². The summed E-state index contributed by atoms with van der Waals surface area (Å²) in [5, 5.41) is 13.0. The highest BCUT2D eigenvalue weighted by molar-refractivity contribution is 7.52. The van der Waals surface area contributed by atoms with Gasteiger partial charge in [0, 0.05) is 0 Å². The maximum absolute atomic E-state index is 15.4. The molecule has 1 aromatic carbocycles. The Kier molecular flexibility index (Phi) is 8.75. The molecule has 1 saturated heterocycles. The number of aromatic amines is 1. The number of aromatic nitrogens is 4. The Morgan fingerprint density at radius 2 is 2.00 bits per heavy atom. The fraction of sp³-hybridized carbons (Fsp3) is 0.478. The summed E-state index contributed by atoms with van der Waals surface area (Å²) in [6, 6.07) is 6.15. The number of imidazole rings is 1. The Morgan fingerprint density at radius 3 is 2.63 bits per heavy atom. The minimum atomic E-state index is -4.70. The molecule has 224 valence electrons. The molecule has 4 rings (SSSR count). The molecule has 2 unspecified atom stereocenters. The van der Waals surface area contributed by atoms with E-state index in [1.54, 1.807) is 19.9 Å². The number of alkyl halides is 3. The number of nitrogens with zero attached hydrogens (tertiary/aromatic N) is 3. The second kappa shape index (κ2) is 11.8. The first-order chi connectivity index (χ1) is 19.3. The number of halogens is 3. The molecule has 6 atom stereocenters. The monoisotopic (exact) mass is 604 g/mol. The zero-order valence-corrected chi connectivity index (χ0v) is 22.8. The van der Waals surface area contributed by atoms with Crippen LogP contribution >= 0.6 is 7.75 Å². The van der Waals surface area contributed by atoms with Crippen LogP contribution in [0.2, 0.25) is 0 Å². The quantitative estimate of drug-likeness (QED) is 0.184. The van der Waals surface area contributed by atoms with Gasteiger partial charge in [0.1, 0.15) is 17.9 Å². The van der Waals surface area contributed by atoms with Crippen LogP contribution in [0.4, 0.5) is 19.1 Å². The van der Waals surface area contributed by atoms with Crippen LogP contribution in [-0.4, -0.2) is 73.6 Å². The molecule has 0 aliphatic carbocycles. The molecular formula is C23H28F3N6O8P. The Morgan fingerprint density at radius 1 is 1.32 bits per heavy atom. The molecule has 0 spiro atoms. The molecule has 14 nitrogen and oxygen atoms in total. The normalized spacial score (nSPS) is 25.0. The van der Waals surface area contributed by atoms with Gasteiger partial charge in [-0.1, -0.05) is 18.2 Å². The number of nitrogens with two attached hydrogens (primary N) is 1. The minimum absolute atomic E-state index is 0.0215. The van der Waals surface area contributed by atoms with E-state index in [0.717, 1.165) is 10.9 Å². The number of anilines is 1. The van der Waals surface area contributed by atoms with Crippen molar-refractivity contribution in [2.75, 3.05) is 12.3 Å². The minimum Gasteiger partial charge on any atom is -0.462 e. The number of benzene rings is 1. The molecule has 0 saturated carbocycles. The molecule has 0 bridgehead atoms. The number of fused-ring (bicyclic) bond motifs is 1. The van der Waals surface area contributed by atoms with Crippen molar-refractivity contribution in [3.63, 3.8) is 0 Å². The van der Waals surface area contributed by atoms with Crippen LogP contribution in [0.3, 0.4) is 0 Å². The average molecular weight is 604 g/mol. The van der Waals surface area contributed by atoms with Gasteiger partial charge in [-0.3, -0.25) is 23.7 Å². The Bertz CT molecular complexity index is 1490. The molecular weight excluding hydrogens is 576 g/mol. The van der Waals surface area contributed by atoms with Gasteiger partial charge in [0.2, 0.25) is 5.95 Å². The second-order valence-corrected chi connectivity index (χ2v) is 11.1. The van der Waals surface area contributed by atoms with Crippen LogP contribution in [0.25, 0.3) is 11.2 Å². The summed E-state index contributed by atoms with van der Waals surface area (Å²) in [6.07, 6.45) is -10.2. The van der Waals surface area contributed by atoms with Gasteiger partial charge in [0.15, 0.2) is 29.2 Å². The zero-order valence-electron chi connectivity index (χ0n) is 21.9. The number of esters is 1. The number of rotatable bonds is 11. The number of aliphatic hydroxyl groups is 1. The molecule has 3 heterocycles. The lowest BCUT2D eigenvalue weighted by molar-refractivity contribution is -0.191. The number of carbonyl (C=O) groups excluding carboxylic acids is 1. The van der Waals surface area contributed by atoms with E-state index in [4.69, 9.17) is 24.3 Å². The van der Waals surface area contributed by atoms with Gasteiger partial charge >= 0.3 is 13.7 Å². The van der Waals surface area contributed by atoms with E-state index >= 15 is 4.39 Å². The summed E-state index contributed by atoms with van der Waals surface area (Å²) < 4.78 is 80.2. The second-order valence-electron chi connectivity index (χ2n) is 9.44. The third kappa shape index (κ3) is 6.23. The van der Waals surface area contributed by atoms with Crippen molar-refractivity contribution in [2.45, 2.75) is 63.4 Å². The van der Waals surface area contributed by atoms with Crippen LogP contribution in [0, 0.1) is 0 Å². The first kappa shape index (κ1) is 30.5. The lowest BCUT2D eigenvalue weighted by Crippen LogP contribution is -2.52. The Hall–Kier alpha value is -3.50. The first-order valence-electron chi connectivity index (χ1n) is 12.2. The van der Waals surface area contributed by atoms with Gasteiger partial charge in [-0.15, -0.1) is 0 Å². The standard InChI is InChI=1S/C23H28F3N6O8P/c1-11(2)38-20(35)12(3)31-41(36,40-13-7-5-4-6-8-13)37-9-23(21(25)26)16(33)14(24)19(39-23)32-10-28-15-17(32)29-22(27)30-18(15)34/h4-8,10-12,14,16,19,21,33H,9H2,1-3H3,(H,31,36)(H3,27,29,30,34)/t12-,14?,16-,19+,23+,41?/m0/s1. The van der Waals surface area contributed by atoms with Crippen molar-refractivity contribution in [3.05, 3.63) is 47.0 Å². The zero-order chi connectivity index (χ0) is 30.1. The Balaban J connectivity index is 1.64. The van der Waals surface area contributed by atoms with Crippen LogP contribution in [0.5, 0.6) is 5.75 Å². The van der Waals surface area contributed by atoms with Crippen molar-refractivity contribution in [3.8, 4) is 5.75 Å². The van der Waals surface area contributed by atoms with Gasteiger partial charge in [0.25, 0.3) is 12.0 Å². The number of para-hydroxylation sites is 1. The molecule has 41 heavy (non-hydrogen) atoms. The smallest absolute Gasteiger partial charge is 0.459 e. The molecule has 1 aliphatic rings. The summed E-state index contributed by atoms with van der Waals surface area (Å²) in [5.74, 6) is -1.23. The summed E-state index contributed by atoms with van der Waals surface area (Å²) in [7, 11) is -4.70. The number of H-pyrrole nitrogens is 1. The fourth-order valence-electron chi connectivity index (χ4n) is 4.01. The van der Waals surface area contributed by atoms with E-state index in [9.17, 15) is 28.0 Å². The summed E-state index contributed by atoms with van der Waals surface area (Å²) in [5.41, 5.74) is 1.09. The molecule has 0 radical (unpaired) electrons. The third-order valence-electron chi connectivity index (χ3n) is 6.00. The van der Waals surface area contributed by atoms with E-state index in [1.165, 1.54) is 31.2 Å². The number of hydrogen-bond acceptors (Lipinski definition) is 11. The van der Waals surface area contributed by atoms with E-state index in [2.05, 4.69) is 20.0 Å². The molecule has 3 aromatic rings. The predicted molar refractivity (Wildman–Crippen MR) is 137 cm³/mol. The first-order valence-corrected chi connectivity index (χ1v) is 13.8. The van der Waals surface area contributed by atoms with E-state index in [1.807, 2.05) is 0 Å². The number of hydrogen-bond donors (Lipinski definition) is 4. The van der Waals surface area contributed by atoms with E-state index < -0.39 is 68.6 Å². The molecule has 5 N–H and O–H groups in total. The van der Waals surface area contributed by atoms with Gasteiger partial charge in [-0.25, -0.2) is 22.7 Å². The molecule has 18 heteroatoms. The number of carbonyl (C=O) groups is 1. The maximum Gasteiger partial charge on any atom is 0.459 e. The van der Waals surface area contributed by atoms with Crippen molar-refractivity contribution in [1.82, 2.24) is 24.6 Å². The number of nitrogens with one attached hydrogen (secondary N) is 2. The van der Waals surface area contributed by atoms with E-state index in [0.29, 0.717) is 0 Å². The van der Waals surface area contributed by atoms with Crippen LogP contribution in [-0.2, 0) is 23.4 Å². The largest absolute Gasteiger partial charge is 0.462 e. The van der Waals surface area contributed by atoms with Crippen molar-refractivity contribution >= 4 is 30.8 Å². The van der Waals surface area contributed by atoms with Gasteiger partial charge in [0.05, 0.1) is 19.0 Å². The van der Waals surface area contributed by atoms with Crippen LogP contribution in [0.1, 0.15) is 27.0 Å². The molecule has 1 fully saturated rings. The van der Waals surface area contributed by atoms with Gasteiger partial charge < -0.3 is 24.8 Å². The van der Waals surface area contributed by atoms with E-state index in [-0.39, 0.29) is 22.9 Å². The van der Waals surface area contributed by atoms with Crippen molar-refractivity contribution in [2.24, 2.45) is 0 Å². The highest BCUT2D eigenvalue weighted by atomic mass is 31.2. The molecule has 1 aliphatic heterocycles. The summed E-state index contributed by atoms with van der Waals surface area (Å²) in [6.45, 7) is 3.07. The highest BCUT2D eigenvalue weighted by Gasteiger charge is 2.62. The third-order valence-corrected chi connectivity index (χ3v) is 7.62. The lowest BCUT2D eigenvalue weighted by atomic mass is 9.97. The fourth-order valence-corrected chi connectivity index (χ4v) is 5.54. The maximum atomic E-state index is 15.4. The van der Waals surface area contributed by atoms with Crippen LogP contribution < -0.4 is 20.9 Å². The average Bonchev–Trinajstić information content (AvgIpc) is 3.42. The highest BCUT2D eigenvalue weighted by Crippen LogP contribution is 2.50. The van der Waals surface area contributed by atoms with Gasteiger partial charge in [-0.05, 0) is 32.9 Å². The van der Waals surface area contributed by atoms with Crippen molar-refractivity contribution in [1.29, 1.82) is 0 Å². The Labute approximate surface area is 230 Å². The number of aliphatic hydroxyl groups excluding tert-OH is 1. The predicted octanol–water partition coefficient (Wildman–Crippen LogP) is 2.07. The number of ether oxygens (including phenoxy) is 2. The summed E-state index contributed by atoms with van der Waals surface area (Å²) in [4.78, 5) is 34.3. The SMILES string of the molecule is CC(C)OC(=O)[C@H](C)NP(=O)(OC[C@@]1(C(F)F)O[C@@H](n2cnc3c(=O)[nH]c(N)nc32)C(F)[C@@H]1O)Oc1ccccc1. The number of nitrogen functional groups attached to an aromatic ring is 1. The van der Waals surface area contributed by atoms with Crippen molar-refractivity contribution < 1.29 is 46.2 Å². The lowest BCUT2D eigenvalue weighted by Gasteiger charge is -2.32. The summed E-state index contributed by atoms with van der Waals surface area (Å²) >= 11 is 0. The van der Waals surface area contributed by atoms with Gasteiger partial charge in [-0.2, -0.15) is 10.1 Å². The molecule has 2 aromatic heterocycles.